The van der Waals surface area contributed by atoms with Crippen molar-refractivity contribution in [3.05, 3.63) is 24.8 Å². The van der Waals surface area contributed by atoms with E-state index < -0.39 is 16.1 Å². The zero-order chi connectivity index (χ0) is 21.3. The molecule has 1 aliphatic carbocycles. The fourth-order valence-corrected chi connectivity index (χ4v) is 19.2. The third kappa shape index (κ3) is 5.29. The van der Waals surface area contributed by atoms with Crippen molar-refractivity contribution in [2.24, 2.45) is 5.92 Å². The highest BCUT2D eigenvalue weighted by molar-refractivity contribution is 6.88. The summed E-state index contributed by atoms with van der Waals surface area (Å²) in [5.41, 5.74) is 0.986. The van der Waals surface area contributed by atoms with E-state index in [2.05, 4.69) is 100 Å². The van der Waals surface area contributed by atoms with Crippen molar-refractivity contribution in [2.45, 2.75) is 127 Å². The highest BCUT2D eigenvalue weighted by atomic mass is 28.3. The van der Waals surface area contributed by atoms with Crippen LogP contribution in [-0.4, -0.2) is 16.1 Å². The molecule has 1 fully saturated rings. The second-order valence-corrected chi connectivity index (χ2v) is 25.0. The molecule has 1 saturated carbocycles. The second kappa shape index (κ2) is 8.34. The molecule has 0 aliphatic heterocycles. The molecule has 0 amide bonds. The summed E-state index contributed by atoms with van der Waals surface area (Å²) >= 11 is 0. The van der Waals surface area contributed by atoms with Crippen molar-refractivity contribution in [2.75, 3.05) is 0 Å². The summed E-state index contributed by atoms with van der Waals surface area (Å²) in [6.45, 7) is 31.8. The number of hydrogen-bond acceptors (Lipinski definition) is 0. The molecule has 0 aromatic rings. The normalized spacial score (nSPS) is 23.2. The minimum atomic E-state index is -1.63. The maximum absolute atomic E-state index is 4.01. The molecule has 2 heteroatoms. The van der Waals surface area contributed by atoms with Crippen LogP contribution >= 0.6 is 0 Å². The molecular weight excluding hydrogens is 356 g/mol. The van der Waals surface area contributed by atoms with Gasteiger partial charge in [-0.25, -0.2) is 0 Å². The largest absolute Gasteiger partial charge is 0.103 e. The van der Waals surface area contributed by atoms with Gasteiger partial charge in [0, 0.05) is 0 Å². The monoisotopic (exact) mass is 406 g/mol. The molecule has 0 heterocycles. The summed E-state index contributed by atoms with van der Waals surface area (Å²) in [4.78, 5) is 0. The van der Waals surface area contributed by atoms with E-state index in [0.717, 1.165) is 11.5 Å². The molecule has 2 unspecified atom stereocenters. The summed E-state index contributed by atoms with van der Waals surface area (Å²) in [6.07, 6.45) is 11.7. The molecule has 0 nitrogen and oxygen atoms in total. The highest BCUT2D eigenvalue weighted by Crippen LogP contribution is 2.64. The van der Waals surface area contributed by atoms with Crippen LogP contribution in [0.4, 0.5) is 0 Å². The SMILES string of the molecule is C=CC[Si](C)(C)C1CCC(/C=C\C[Si](C(C)(C)C)(C(C)(C)C)C(C)(C)C)C1. The van der Waals surface area contributed by atoms with E-state index in [1.807, 2.05) is 0 Å². The molecule has 0 bridgehead atoms. The number of hydrogen-bond donors (Lipinski definition) is 0. The van der Waals surface area contributed by atoms with Gasteiger partial charge < -0.3 is 0 Å². The van der Waals surface area contributed by atoms with Crippen molar-refractivity contribution in [3.63, 3.8) is 0 Å². The molecule has 27 heavy (non-hydrogen) atoms. The average Bonchev–Trinajstić information content (AvgIpc) is 2.88. The Hall–Kier alpha value is -0.0862. The Bertz CT molecular complexity index is 484. The van der Waals surface area contributed by atoms with Crippen molar-refractivity contribution >= 4 is 16.1 Å². The van der Waals surface area contributed by atoms with Gasteiger partial charge in [0.15, 0.2) is 0 Å². The van der Waals surface area contributed by atoms with Crippen molar-refractivity contribution < 1.29 is 0 Å². The van der Waals surface area contributed by atoms with Crippen LogP contribution in [0, 0.1) is 5.92 Å². The summed E-state index contributed by atoms with van der Waals surface area (Å²) < 4.78 is 0. The van der Waals surface area contributed by atoms with E-state index in [-0.39, 0.29) is 0 Å². The van der Waals surface area contributed by atoms with Crippen LogP contribution in [0.3, 0.4) is 0 Å². The summed E-state index contributed by atoms with van der Waals surface area (Å²) in [5.74, 6) is 0.818. The van der Waals surface area contributed by atoms with Crippen LogP contribution in [-0.2, 0) is 0 Å². The van der Waals surface area contributed by atoms with Crippen LogP contribution in [0.25, 0.3) is 0 Å². The summed E-state index contributed by atoms with van der Waals surface area (Å²) in [6, 6.07) is 2.60. The average molecular weight is 407 g/mol. The lowest BCUT2D eigenvalue weighted by Gasteiger charge is -2.59. The highest BCUT2D eigenvalue weighted by Gasteiger charge is 2.58. The Morgan fingerprint density at radius 3 is 1.70 bits per heavy atom. The van der Waals surface area contributed by atoms with Crippen LogP contribution < -0.4 is 0 Å². The van der Waals surface area contributed by atoms with E-state index >= 15 is 0 Å². The molecule has 0 N–H and O–H groups in total. The molecule has 2 atom stereocenters. The van der Waals surface area contributed by atoms with Crippen LogP contribution in [0.5, 0.6) is 0 Å². The summed E-state index contributed by atoms with van der Waals surface area (Å²) in [5, 5.41) is 1.18. The van der Waals surface area contributed by atoms with Crippen molar-refractivity contribution in [1.82, 2.24) is 0 Å². The third-order valence-corrected chi connectivity index (χ3v) is 20.5. The second-order valence-electron chi connectivity index (χ2n) is 13.0. The molecular formula is C25H50Si2. The van der Waals surface area contributed by atoms with Gasteiger partial charge in [0.25, 0.3) is 0 Å². The van der Waals surface area contributed by atoms with E-state index in [4.69, 9.17) is 0 Å². The van der Waals surface area contributed by atoms with E-state index in [9.17, 15) is 0 Å². The predicted octanol–water partition coefficient (Wildman–Crippen LogP) is 9.46. The Balaban J connectivity index is 3.00. The van der Waals surface area contributed by atoms with E-state index in [1.165, 1.54) is 31.4 Å². The van der Waals surface area contributed by atoms with Gasteiger partial charge >= 0.3 is 0 Å². The van der Waals surface area contributed by atoms with Crippen LogP contribution in [0.1, 0.15) is 81.6 Å². The van der Waals surface area contributed by atoms with Gasteiger partial charge in [-0.05, 0) is 51.5 Å². The molecule has 0 aromatic heterocycles. The van der Waals surface area contributed by atoms with E-state index in [0.29, 0.717) is 15.1 Å². The van der Waals surface area contributed by atoms with Gasteiger partial charge in [0.1, 0.15) is 0 Å². The van der Waals surface area contributed by atoms with Gasteiger partial charge in [-0.2, -0.15) is 0 Å². The van der Waals surface area contributed by atoms with Gasteiger partial charge in [-0.15, -0.1) is 6.58 Å². The lowest BCUT2D eigenvalue weighted by molar-refractivity contribution is 0.532. The lowest BCUT2D eigenvalue weighted by atomic mass is 10.1. The minimum Gasteiger partial charge on any atom is -0.103 e. The first-order valence-corrected chi connectivity index (χ1v) is 16.8. The standard InChI is InChI=1S/C25H50Si2/c1-13-18-26(11,12)22-17-16-21(20-22)15-14-19-27(23(2,3)4,24(5,6)7)25(8,9)10/h13-15,21-22H,1,16-20H2,2-12H3/b15-14-. The molecule has 1 rings (SSSR count). The Morgan fingerprint density at radius 1 is 0.815 bits per heavy atom. The molecule has 1 aliphatic rings. The fraction of sp³-hybridized carbons (Fsp3) is 0.840. The van der Waals surface area contributed by atoms with Gasteiger partial charge in [0.05, 0.1) is 16.1 Å². The zero-order valence-electron chi connectivity index (χ0n) is 20.6. The fourth-order valence-electron chi connectivity index (χ4n) is 7.17. The first-order valence-electron chi connectivity index (χ1n) is 11.3. The van der Waals surface area contributed by atoms with Crippen molar-refractivity contribution in [1.29, 1.82) is 0 Å². The first kappa shape index (κ1) is 25.0. The van der Waals surface area contributed by atoms with Crippen LogP contribution in [0.2, 0.25) is 45.8 Å². The molecule has 0 spiro atoms. The van der Waals surface area contributed by atoms with Gasteiger partial charge in [0.2, 0.25) is 0 Å². The smallest absolute Gasteiger partial charge is 0.0735 e. The minimum absolute atomic E-state index is 0.394. The third-order valence-electron chi connectivity index (χ3n) is 7.92. The summed E-state index contributed by atoms with van der Waals surface area (Å²) in [7, 11) is -2.75. The van der Waals surface area contributed by atoms with Gasteiger partial charge in [-0.1, -0.05) is 100 Å². The Kier molecular flexibility index (Phi) is 7.71. The predicted molar refractivity (Wildman–Crippen MR) is 132 cm³/mol. The maximum atomic E-state index is 4.01. The maximum Gasteiger partial charge on any atom is 0.0735 e. The zero-order valence-corrected chi connectivity index (χ0v) is 22.6. The lowest BCUT2D eigenvalue weighted by Crippen LogP contribution is -2.57. The van der Waals surface area contributed by atoms with Gasteiger partial charge in [-0.3, -0.25) is 0 Å². The molecule has 0 aromatic carbocycles. The van der Waals surface area contributed by atoms with Crippen LogP contribution in [0.15, 0.2) is 24.8 Å². The number of rotatable bonds is 6. The van der Waals surface area contributed by atoms with Crippen molar-refractivity contribution in [3.8, 4) is 0 Å². The quantitative estimate of drug-likeness (QED) is 0.304. The molecule has 158 valence electrons. The topological polar surface area (TPSA) is 0 Å². The number of allylic oxidation sites excluding steroid dienone is 3. The molecule has 0 saturated heterocycles. The van der Waals surface area contributed by atoms with E-state index in [1.54, 1.807) is 0 Å². The Labute approximate surface area is 174 Å². The Morgan fingerprint density at radius 2 is 1.30 bits per heavy atom. The first-order chi connectivity index (χ1) is 12.0. The molecule has 0 radical (unpaired) electrons.